The highest BCUT2D eigenvalue weighted by Gasteiger charge is -0.0726. The molecule has 0 aromatic rings. The van der Waals surface area contributed by atoms with E-state index in [0.717, 1.165) is 0 Å². The van der Waals surface area contributed by atoms with Crippen molar-refractivity contribution in [3.63, 3.8) is 0 Å². The lowest BCUT2D eigenvalue weighted by Gasteiger charge is -0.0786. The van der Waals surface area contributed by atoms with E-state index in [1.807, 2.05) is 0 Å². The average Bonchev–Trinajstić information content (AvgIpc) is 0. The van der Waals surface area contributed by atoms with Gasteiger partial charge in [0, 0.05) is 17.1 Å². The summed E-state index contributed by atoms with van der Waals surface area (Å²) in [4.78, 5) is 0. The molecule has 0 amide bonds. The van der Waals surface area contributed by atoms with Crippen LogP contribution in [-0.4, -0.2) is 0 Å². The topological polar surface area (TPSA) is 0 Å². The molecule has 0 aliphatic heterocycles. The quantitative estimate of drug-likeness (QED) is 0.352. The van der Waals surface area contributed by atoms with Gasteiger partial charge in [-0.25, -0.2) is 0 Å². The Morgan fingerprint density at radius 2 is 0.333 bits per heavy atom. The van der Waals surface area contributed by atoms with E-state index in [1.165, 1.54) is 0 Å². The van der Waals surface area contributed by atoms with E-state index in [0.29, 0.717) is 0 Å². The molecule has 0 aliphatic rings. The molecule has 0 aromatic heterocycles. The molecule has 72 valence electrons. The van der Waals surface area contributed by atoms with Crippen LogP contribution in [0.25, 0.3) is 0 Å². The van der Waals surface area contributed by atoms with Crippen molar-refractivity contribution in [3.8, 4) is 0 Å². The fourth-order valence-corrected chi connectivity index (χ4v) is 0. The minimum Gasteiger partial charge on any atom is -0.0776 e. The Bertz CT molecular complexity index is 16.5. The maximum atomic E-state index is 0. The monoisotopic (exact) mass is 144 g/mol. The van der Waals surface area contributed by atoms with Gasteiger partial charge in [0.05, 0.1) is 0 Å². The molecule has 0 saturated carbocycles. The lowest BCUT2D eigenvalue weighted by atomic mass is 12.0. The Labute approximate surface area is 63.4 Å². The summed E-state index contributed by atoms with van der Waals surface area (Å²) >= 11 is 0. The summed E-state index contributed by atoms with van der Waals surface area (Å²) in [5.74, 6) is 0. The first-order valence-electron chi connectivity index (χ1n) is 0. The normalized spacial score (nSPS) is 0. The van der Waals surface area contributed by atoms with Crippen LogP contribution in [0.15, 0.2) is 0 Å². The predicted molar refractivity (Wildman–Crippen MR) is 65.8 cm³/mol. The molecule has 0 N–H and O–H groups in total. The highest BCUT2D eigenvalue weighted by Crippen LogP contribution is 0.149. The van der Waals surface area contributed by atoms with Gasteiger partial charge in [-0.15, -0.1) is 0 Å². The summed E-state index contributed by atoms with van der Waals surface area (Å²) in [6, 6.07) is 0. The van der Waals surface area contributed by atoms with Gasteiger partial charge in [0.25, 0.3) is 0 Å². The van der Waals surface area contributed by atoms with E-state index in [2.05, 4.69) is 0 Å². The second-order valence-corrected chi connectivity index (χ2v) is 0. The minimum atomic E-state index is 0. The Kier molecular flexibility index (Phi) is 0. The molecule has 0 nitrogen and oxygen atoms in total. The highest BCUT2D eigenvalue weighted by molar-refractivity contribution is 2.51. The van der Waals surface area contributed by atoms with Gasteiger partial charge < -0.3 is 0 Å². The Hall–Kier alpha value is 0. The summed E-state index contributed by atoms with van der Waals surface area (Å²) in [6.07, 6.45) is 0. The summed E-state index contributed by atoms with van der Waals surface area (Å²) in [7, 11) is 0. The van der Waals surface area contributed by atoms with Gasteiger partial charge in [-0.3, -0.25) is 0 Å². The Balaban J connectivity index is 0. The van der Waals surface area contributed by atoms with Gasteiger partial charge in [0.1, 0.15) is 0 Å². The van der Waals surface area contributed by atoms with Crippen LogP contribution in [0.4, 0.5) is 0 Å². The standard InChI is InChI=1S/6CH4.12H2/h6*1H4;12*1H/i;;;;;;12*1+2. The van der Waals surface area contributed by atoms with Crippen molar-refractivity contribution in [2.45, 2.75) is 44.6 Å². The van der Waals surface area contributed by atoms with Gasteiger partial charge in [-0.05, 0) is 0 Å². The molecular formula is C6H48. The largest absolute Gasteiger partial charge is 0.0776 e. The molecule has 0 spiro atoms. The van der Waals surface area contributed by atoms with E-state index in [9.17, 15) is 0 Å². The van der Waals surface area contributed by atoms with E-state index < -0.39 is 0 Å². The molecule has 0 fully saturated rings. The van der Waals surface area contributed by atoms with Gasteiger partial charge in [0.2, 0.25) is 0 Å². The van der Waals surface area contributed by atoms with Crippen LogP contribution >= 0.6 is 0 Å². The first-order valence-corrected chi connectivity index (χ1v) is 0. The molecule has 0 aliphatic carbocycles. The maximum Gasteiger partial charge on any atom is 0 e. The Morgan fingerprint density at radius 3 is 0.333 bits per heavy atom. The van der Waals surface area contributed by atoms with Crippen molar-refractivity contribution in [2.24, 2.45) is 0 Å². The molecule has 0 atom stereocenters. The van der Waals surface area contributed by atoms with Crippen molar-refractivity contribution in [3.05, 3.63) is 0 Å². The third-order valence-electron chi connectivity index (χ3n) is 0. The van der Waals surface area contributed by atoms with E-state index >= 15 is 0 Å². The van der Waals surface area contributed by atoms with Gasteiger partial charge in [0.15, 0.2) is 0 Å². The van der Waals surface area contributed by atoms with Crippen LogP contribution in [0.3, 0.4) is 0 Å². The van der Waals surface area contributed by atoms with Crippen molar-refractivity contribution >= 4 is 0 Å². The SMILES string of the molecule is C.C.C.C.C.C.[3HH].[3HH].[3HH].[3HH].[3HH].[3HH].[3HH].[3HH].[3HH].[3HH].[3HH].[3HH]. The van der Waals surface area contributed by atoms with Crippen LogP contribution in [0.5, 0.6) is 0 Å². The second-order valence-electron chi connectivity index (χ2n) is 0. The van der Waals surface area contributed by atoms with E-state index in [-0.39, 0.29) is 61.7 Å². The maximum absolute atomic E-state index is 0. The van der Waals surface area contributed by atoms with Crippen molar-refractivity contribution < 1.29 is 17.1 Å². The molecule has 6 heavy (non-hydrogen) atoms. The smallest absolute Gasteiger partial charge is 0 e. The van der Waals surface area contributed by atoms with Gasteiger partial charge >= 0.3 is 0 Å². The lowest BCUT2D eigenvalue weighted by molar-refractivity contribution is 2.50. The minimum absolute atomic E-state index is 0. The van der Waals surface area contributed by atoms with Crippen LogP contribution in [0.1, 0.15) is 61.7 Å². The second kappa shape index (κ2) is 0. The molecule has 0 saturated heterocycles. The van der Waals surface area contributed by atoms with Gasteiger partial charge in [-0.2, -0.15) is 0 Å². The first kappa shape index (κ1) is 0. The third-order valence-corrected chi connectivity index (χ3v) is 0. The number of rotatable bonds is 0. The highest BCUT2D eigenvalue weighted by atomic mass is 12.0. The molecular weight excluding hydrogens is 72.1 g/mol. The van der Waals surface area contributed by atoms with E-state index in [4.69, 9.17) is 0 Å². The molecule has 0 rings (SSSR count). The molecule has 0 radical (unpaired) electrons. The fraction of sp³-hybridized carbons (Fsp3) is 1.00. The summed E-state index contributed by atoms with van der Waals surface area (Å²) in [5, 5.41) is 0. The van der Waals surface area contributed by atoms with Crippen molar-refractivity contribution in [1.29, 1.82) is 0 Å². The van der Waals surface area contributed by atoms with Crippen LogP contribution in [-0.2, 0) is 0 Å². The zero-order valence-corrected chi connectivity index (χ0v) is 0. The van der Waals surface area contributed by atoms with Gasteiger partial charge in [-0.1, -0.05) is 44.6 Å². The number of hydrogen-bond donors (Lipinski definition) is 0. The summed E-state index contributed by atoms with van der Waals surface area (Å²) in [5.41, 5.74) is 0. The summed E-state index contributed by atoms with van der Waals surface area (Å²) in [6.45, 7) is 0. The first-order chi connectivity index (χ1) is 0. The molecule has 0 heteroatoms. The van der Waals surface area contributed by atoms with Crippen LogP contribution in [0.2, 0.25) is 0 Å². The average molecular weight is 145 g/mol. The fourth-order valence-electron chi connectivity index (χ4n) is 0. The lowest BCUT2D eigenvalue weighted by Crippen LogP contribution is 0.143. The van der Waals surface area contributed by atoms with E-state index in [1.54, 1.807) is 0 Å². The van der Waals surface area contributed by atoms with Crippen LogP contribution in [0, 0.1) is 0 Å². The summed E-state index contributed by atoms with van der Waals surface area (Å²) < 4.78 is 0. The molecule has 0 heterocycles. The molecule has 0 bridgehead atoms. The molecule has 0 unspecified atom stereocenters. The third kappa shape index (κ3) is 0. The van der Waals surface area contributed by atoms with Crippen LogP contribution < -0.4 is 0 Å². The van der Waals surface area contributed by atoms with Crippen molar-refractivity contribution in [1.82, 2.24) is 0 Å². The predicted octanol–water partition coefficient (Wildman–Crippen LogP) is 6.77. The number of hydrogen-bond acceptors (Lipinski definition) is 0. The molecule has 0 aromatic carbocycles. The zero-order chi connectivity index (χ0) is 0. The zero-order valence-electron chi connectivity index (χ0n) is 0. The van der Waals surface area contributed by atoms with Crippen molar-refractivity contribution in [2.75, 3.05) is 0 Å². The Morgan fingerprint density at radius 1 is 0.333 bits per heavy atom.